The van der Waals surface area contributed by atoms with Crippen LogP contribution in [0.2, 0.25) is 5.02 Å². The minimum Gasteiger partial charge on any atom is -0.506 e. The average Bonchev–Trinajstić information content (AvgIpc) is 2.86. The number of β-lactam (4-membered cyclic amide) rings is 1. The van der Waals surface area contributed by atoms with Crippen molar-refractivity contribution in [1.29, 1.82) is 0 Å². The number of carboxylic acids is 2. The number of nitrogens with zero attached hydrogens (tertiary/aromatic N) is 2. The maximum absolute atomic E-state index is 12.7. The van der Waals surface area contributed by atoms with Crippen LogP contribution in [0.1, 0.15) is 23.6 Å². The van der Waals surface area contributed by atoms with Crippen molar-refractivity contribution in [3.8, 4) is 11.5 Å². The van der Waals surface area contributed by atoms with Crippen LogP contribution in [-0.2, 0) is 19.2 Å². The zero-order chi connectivity index (χ0) is 27.3. The van der Waals surface area contributed by atoms with Crippen molar-refractivity contribution in [3.05, 3.63) is 58.6 Å². The van der Waals surface area contributed by atoms with Gasteiger partial charge in [0, 0.05) is 12.0 Å². The Morgan fingerprint density at radius 3 is 2.38 bits per heavy atom. The van der Waals surface area contributed by atoms with E-state index in [1.807, 2.05) is 0 Å². The standard InChI is InChI=1S/C23H23ClN4O9/c24-14-9-12(3-6-17(14)29)19(23(34)35)28-10-16(21(28)31)26-20(30)18(27-36)11-1-4-13(5-2-11)37-8-7-15(25)22(32)33/h1-6,9,15-16,19,29,36H,7-8,10,25H2,(H,26,30)(H,32,33)(H,34,35)/b27-18-/t15-,16+,19-/m1/s1. The van der Waals surface area contributed by atoms with Gasteiger partial charge in [-0.25, -0.2) is 4.79 Å². The molecule has 37 heavy (non-hydrogen) atoms. The van der Waals surface area contributed by atoms with Crippen LogP contribution in [0, 0.1) is 0 Å². The van der Waals surface area contributed by atoms with Crippen molar-refractivity contribution >= 4 is 41.1 Å². The van der Waals surface area contributed by atoms with Gasteiger partial charge in [0.1, 0.15) is 23.6 Å². The molecule has 3 atom stereocenters. The minimum atomic E-state index is -1.39. The number of phenols is 1. The predicted molar refractivity (Wildman–Crippen MR) is 128 cm³/mol. The number of aromatic hydroxyl groups is 1. The fraction of sp³-hybridized carbons (Fsp3) is 0.261. The molecule has 1 fully saturated rings. The number of nitrogens with two attached hydrogens (primary N) is 1. The molecule has 2 amide bonds. The number of hydrogen-bond donors (Lipinski definition) is 6. The highest BCUT2D eigenvalue weighted by Gasteiger charge is 2.45. The topological polar surface area (TPSA) is 212 Å². The van der Waals surface area contributed by atoms with Crippen molar-refractivity contribution in [2.75, 3.05) is 13.2 Å². The van der Waals surface area contributed by atoms with Gasteiger partial charge in [-0.05, 0) is 42.0 Å². The first kappa shape index (κ1) is 27.2. The van der Waals surface area contributed by atoms with E-state index in [9.17, 15) is 34.6 Å². The highest BCUT2D eigenvalue weighted by atomic mass is 35.5. The van der Waals surface area contributed by atoms with Gasteiger partial charge in [-0.2, -0.15) is 0 Å². The number of likely N-dealkylation sites (tertiary alicyclic amines) is 1. The minimum absolute atomic E-state index is 0.0439. The fourth-order valence-corrected chi connectivity index (χ4v) is 3.73. The van der Waals surface area contributed by atoms with E-state index < -0.39 is 47.6 Å². The Morgan fingerprint density at radius 2 is 1.84 bits per heavy atom. The number of aliphatic carboxylic acids is 2. The number of carboxylic acid groups (broad SMARTS) is 2. The largest absolute Gasteiger partial charge is 0.506 e. The Kier molecular flexibility index (Phi) is 8.52. The van der Waals surface area contributed by atoms with Gasteiger partial charge in [-0.1, -0.05) is 22.8 Å². The number of amides is 2. The maximum Gasteiger partial charge on any atom is 0.331 e. The van der Waals surface area contributed by atoms with E-state index in [-0.39, 0.29) is 41.5 Å². The second-order valence-electron chi connectivity index (χ2n) is 8.02. The Bertz CT molecular complexity index is 1240. The lowest BCUT2D eigenvalue weighted by Crippen LogP contribution is -2.66. The molecule has 13 nitrogen and oxygen atoms in total. The van der Waals surface area contributed by atoms with Crippen LogP contribution in [0.25, 0.3) is 0 Å². The molecule has 0 radical (unpaired) electrons. The van der Waals surface area contributed by atoms with Gasteiger partial charge in [0.2, 0.25) is 5.91 Å². The first-order valence-corrected chi connectivity index (χ1v) is 11.2. The van der Waals surface area contributed by atoms with Crippen molar-refractivity contribution in [2.24, 2.45) is 10.9 Å². The summed E-state index contributed by atoms with van der Waals surface area (Å²) in [5.41, 5.74) is 5.37. The van der Waals surface area contributed by atoms with Gasteiger partial charge >= 0.3 is 11.9 Å². The summed E-state index contributed by atoms with van der Waals surface area (Å²) in [5, 5.41) is 42.7. The number of halogens is 1. The van der Waals surface area contributed by atoms with E-state index >= 15 is 0 Å². The summed E-state index contributed by atoms with van der Waals surface area (Å²) in [7, 11) is 0. The van der Waals surface area contributed by atoms with Gasteiger partial charge in [0.05, 0.1) is 18.2 Å². The number of nitrogens with one attached hydrogen (secondary N) is 1. The van der Waals surface area contributed by atoms with Crippen LogP contribution >= 0.6 is 11.6 Å². The summed E-state index contributed by atoms with van der Waals surface area (Å²) in [4.78, 5) is 48.9. The van der Waals surface area contributed by atoms with Gasteiger partial charge in [-0.15, -0.1) is 0 Å². The average molecular weight is 535 g/mol. The normalized spacial score (nSPS) is 16.9. The van der Waals surface area contributed by atoms with E-state index in [0.29, 0.717) is 5.75 Å². The number of oxime groups is 1. The van der Waals surface area contributed by atoms with Gasteiger partial charge in [-0.3, -0.25) is 14.4 Å². The summed E-state index contributed by atoms with van der Waals surface area (Å²) in [6.45, 7) is -0.0910. The lowest BCUT2D eigenvalue weighted by molar-refractivity contribution is -0.160. The lowest BCUT2D eigenvalue weighted by Gasteiger charge is -2.42. The summed E-state index contributed by atoms with van der Waals surface area (Å²) in [6.07, 6.45) is 0.0811. The fourth-order valence-electron chi connectivity index (χ4n) is 3.54. The number of hydrogen-bond acceptors (Lipinski definition) is 9. The predicted octanol–water partition coefficient (Wildman–Crippen LogP) is 0.558. The molecule has 2 aromatic rings. The van der Waals surface area contributed by atoms with E-state index in [4.69, 9.17) is 27.2 Å². The molecular formula is C23H23ClN4O9. The summed E-state index contributed by atoms with van der Waals surface area (Å²) in [6, 6.07) is 6.04. The highest BCUT2D eigenvalue weighted by molar-refractivity contribution is 6.45. The lowest BCUT2D eigenvalue weighted by atomic mass is 9.97. The maximum atomic E-state index is 12.7. The van der Waals surface area contributed by atoms with E-state index in [1.54, 1.807) is 0 Å². The third-order valence-electron chi connectivity index (χ3n) is 5.56. The van der Waals surface area contributed by atoms with Gasteiger partial charge < -0.3 is 41.2 Å². The Hall–Kier alpha value is -4.36. The molecule has 0 bridgehead atoms. The molecule has 0 aromatic heterocycles. The molecule has 0 aliphatic carbocycles. The van der Waals surface area contributed by atoms with Crippen LogP contribution in [-0.4, -0.2) is 80.1 Å². The SMILES string of the molecule is N[C@H](CCOc1ccc(/C(=N/O)C(=O)N[C@H]2CN([C@@H](C(=O)O)c3ccc(O)c(Cl)c3)C2=O)cc1)C(=O)O. The molecule has 2 aromatic carbocycles. The van der Waals surface area contributed by atoms with Crippen LogP contribution in [0.15, 0.2) is 47.6 Å². The molecule has 1 aliphatic rings. The molecule has 196 valence electrons. The highest BCUT2D eigenvalue weighted by Crippen LogP contribution is 2.32. The monoisotopic (exact) mass is 534 g/mol. The number of carbonyl (C=O) groups is 4. The molecule has 0 unspecified atom stereocenters. The summed E-state index contributed by atoms with van der Waals surface area (Å²) in [5.74, 6) is -3.91. The van der Waals surface area contributed by atoms with Gasteiger partial charge in [0.25, 0.3) is 5.91 Å². The summed E-state index contributed by atoms with van der Waals surface area (Å²) >= 11 is 5.86. The van der Waals surface area contributed by atoms with Crippen molar-refractivity contribution in [3.63, 3.8) is 0 Å². The molecule has 1 saturated heterocycles. The Balaban J connectivity index is 1.60. The molecule has 14 heteroatoms. The summed E-state index contributed by atoms with van der Waals surface area (Å²) < 4.78 is 5.40. The van der Waals surface area contributed by atoms with Crippen molar-refractivity contribution in [2.45, 2.75) is 24.5 Å². The zero-order valence-electron chi connectivity index (χ0n) is 19.1. The molecule has 3 rings (SSSR count). The molecular weight excluding hydrogens is 512 g/mol. The van der Waals surface area contributed by atoms with E-state index in [0.717, 1.165) is 4.90 Å². The van der Waals surface area contributed by atoms with Crippen LogP contribution in [0.5, 0.6) is 11.5 Å². The molecule has 7 N–H and O–H groups in total. The third kappa shape index (κ3) is 6.26. The van der Waals surface area contributed by atoms with Crippen molar-refractivity contribution < 1.29 is 44.4 Å². The molecule has 1 aliphatic heterocycles. The number of phenolic OH excluding ortho intramolecular Hbond substituents is 1. The third-order valence-corrected chi connectivity index (χ3v) is 5.86. The molecule has 0 spiro atoms. The first-order chi connectivity index (χ1) is 17.5. The number of carbonyl (C=O) groups excluding carboxylic acids is 2. The smallest absolute Gasteiger partial charge is 0.331 e. The first-order valence-electron chi connectivity index (χ1n) is 10.8. The molecule has 0 saturated carbocycles. The van der Waals surface area contributed by atoms with Gasteiger partial charge in [0.15, 0.2) is 11.8 Å². The Labute approximate surface area is 214 Å². The second kappa shape index (κ2) is 11.6. The second-order valence-corrected chi connectivity index (χ2v) is 8.43. The van der Waals surface area contributed by atoms with E-state index in [2.05, 4.69) is 10.5 Å². The Morgan fingerprint density at radius 1 is 1.16 bits per heavy atom. The van der Waals surface area contributed by atoms with Crippen LogP contribution in [0.4, 0.5) is 0 Å². The van der Waals surface area contributed by atoms with Crippen LogP contribution in [0.3, 0.4) is 0 Å². The number of benzene rings is 2. The number of ether oxygens (including phenoxy) is 1. The number of rotatable bonds is 11. The quantitative estimate of drug-likeness (QED) is 0.102. The van der Waals surface area contributed by atoms with Crippen LogP contribution < -0.4 is 15.8 Å². The van der Waals surface area contributed by atoms with E-state index in [1.165, 1.54) is 42.5 Å². The molecule has 1 heterocycles. The van der Waals surface area contributed by atoms with Crippen molar-refractivity contribution in [1.82, 2.24) is 10.2 Å². The zero-order valence-corrected chi connectivity index (χ0v) is 19.8.